The summed E-state index contributed by atoms with van der Waals surface area (Å²) in [7, 11) is 14.8. The molecule has 0 unspecified atom stereocenters. The first-order valence-electron chi connectivity index (χ1n) is 4.32. The van der Waals surface area contributed by atoms with Crippen LogP contribution in [0.3, 0.4) is 0 Å². The normalized spacial score (nSPS) is 10.2. The second-order valence-corrected chi connectivity index (χ2v) is 10.5. The second kappa shape index (κ2) is 15.0. The molecule has 0 N–H and O–H groups in total. The molecule has 0 nitrogen and oxygen atoms in total. The van der Waals surface area contributed by atoms with Crippen LogP contribution in [0.2, 0.25) is 0 Å². The molecule has 0 amide bonds. The minimum atomic E-state index is -1.75. The van der Waals surface area contributed by atoms with Gasteiger partial charge in [0.15, 0.2) is 0 Å². The van der Waals surface area contributed by atoms with Crippen LogP contribution in [-0.4, -0.2) is 0 Å². The average molecular weight is 322 g/mol. The second-order valence-electron chi connectivity index (χ2n) is 2.57. The molecule has 0 aromatic carbocycles. The molecule has 0 fully saturated rings. The van der Waals surface area contributed by atoms with Crippen LogP contribution in [0.25, 0.3) is 0 Å². The molecule has 0 aliphatic carbocycles. The fourth-order valence-corrected chi connectivity index (χ4v) is 0.854. The third-order valence-electron chi connectivity index (χ3n) is 1.46. The summed E-state index contributed by atoms with van der Waals surface area (Å²) in [5.74, 6) is 0. The van der Waals surface area contributed by atoms with Gasteiger partial charge in [0.25, 0.3) is 0 Å². The number of rotatable bonds is 5. The van der Waals surface area contributed by atoms with Crippen molar-refractivity contribution in [1.82, 2.24) is 0 Å². The van der Waals surface area contributed by atoms with Crippen molar-refractivity contribution in [3.63, 3.8) is 0 Å². The fraction of sp³-hybridized carbons (Fsp3) is 1.00. The first-order valence-corrected chi connectivity index (χ1v) is 11.0. The van der Waals surface area contributed by atoms with Crippen molar-refractivity contribution in [1.29, 1.82) is 0 Å². The molecule has 0 radical (unpaired) electrons. The quantitative estimate of drug-likeness (QED) is 0.467. The van der Waals surface area contributed by atoms with Crippen LogP contribution in [-0.2, 0) is 13.0 Å². The maximum absolute atomic E-state index is 4.95. The molecular formula is C8H18Cl3Ru. The van der Waals surface area contributed by atoms with E-state index in [0.29, 0.717) is 0 Å². The molecule has 0 aromatic heterocycles. The van der Waals surface area contributed by atoms with Crippen LogP contribution in [0.4, 0.5) is 0 Å². The van der Waals surface area contributed by atoms with Gasteiger partial charge in [-0.3, -0.25) is 0 Å². The summed E-state index contributed by atoms with van der Waals surface area (Å²) in [6.07, 6.45) is 8.49. The SMILES string of the molecule is CCCCCCCC.[Cl][Ru]([Cl])[Cl]. The summed E-state index contributed by atoms with van der Waals surface area (Å²) in [5, 5.41) is 0. The summed E-state index contributed by atoms with van der Waals surface area (Å²) in [5.41, 5.74) is 0. The Bertz CT molecular complexity index is 60.6. The van der Waals surface area contributed by atoms with E-state index in [9.17, 15) is 0 Å². The van der Waals surface area contributed by atoms with Gasteiger partial charge in [0.2, 0.25) is 0 Å². The Hall–Kier alpha value is 1.49. The van der Waals surface area contributed by atoms with Crippen LogP contribution < -0.4 is 0 Å². The van der Waals surface area contributed by atoms with Crippen LogP contribution >= 0.6 is 29.1 Å². The minimum absolute atomic E-state index is 1.36. The maximum atomic E-state index is 4.95. The molecule has 0 bridgehead atoms. The van der Waals surface area contributed by atoms with E-state index in [4.69, 9.17) is 29.1 Å². The standard InChI is InChI=1S/C8H18.3ClH.Ru/c1-3-5-7-8-6-4-2;;;;/h3-8H2,1-2H3;3*1H;/q;;;;+3/p-3. The van der Waals surface area contributed by atoms with Gasteiger partial charge in [-0.05, 0) is 0 Å². The molecule has 0 saturated heterocycles. The van der Waals surface area contributed by atoms with Crippen LogP contribution in [0.1, 0.15) is 52.4 Å². The molecule has 4 heteroatoms. The van der Waals surface area contributed by atoms with E-state index in [-0.39, 0.29) is 0 Å². The number of unbranched alkanes of at least 4 members (excludes halogenated alkanes) is 5. The Labute approximate surface area is 94.0 Å². The van der Waals surface area contributed by atoms with Crippen molar-refractivity contribution in [2.45, 2.75) is 52.4 Å². The molecule has 0 aromatic rings. The predicted molar refractivity (Wildman–Crippen MR) is 56.6 cm³/mol. The van der Waals surface area contributed by atoms with Gasteiger partial charge in [-0.15, -0.1) is 0 Å². The third kappa shape index (κ3) is 30.0. The van der Waals surface area contributed by atoms with Gasteiger partial charge < -0.3 is 0 Å². The number of hydrogen-bond donors (Lipinski definition) is 0. The molecule has 0 spiro atoms. The van der Waals surface area contributed by atoms with Crippen molar-refractivity contribution < 1.29 is 13.0 Å². The van der Waals surface area contributed by atoms with Gasteiger partial charge in [-0.25, -0.2) is 0 Å². The zero-order valence-electron chi connectivity index (χ0n) is 7.73. The van der Waals surface area contributed by atoms with Crippen molar-refractivity contribution in [3.8, 4) is 0 Å². The Morgan fingerprint density at radius 3 is 1.17 bits per heavy atom. The monoisotopic (exact) mass is 321 g/mol. The Balaban J connectivity index is 0. The topological polar surface area (TPSA) is 0 Å². The van der Waals surface area contributed by atoms with Crippen LogP contribution in [0.5, 0.6) is 0 Å². The van der Waals surface area contributed by atoms with E-state index in [1.165, 1.54) is 38.5 Å². The third-order valence-corrected chi connectivity index (χ3v) is 1.46. The average Bonchev–Trinajstić information content (AvgIpc) is 1.97. The van der Waals surface area contributed by atoms with E-state index in [1.807, 2.05) is 0 Å². The zero-order chi connectivity index (χ0) is 9.82. The Morgan fingerprint density at radius 1 is 0.750 bits per heavy atom. The number of halogens is 3. The zero-order valence-corrected chi connectivity index (χ0v) is 11.7. The Morgan fingerprint density at radius 2 is 1.00 bits per heavy atom. The van der Waals surface area contributed by atoms with Gasteiger partial charge in [0, 0.05) is 0 Å². The van der Waals surface area contributed by atoms with E-state index >= 15 is 0 Å². The first-order chi connectivity index (χ1) is 5.65. The molecule has 0 aliphatic rings. The van der Waals surface area contributed by atoms with Crippen LogP contribution in [0.15, 0.2) is 0 Å². The van der Waals surface area contributed by atoms with E-state index in [1.54, 1.807) is 0 Å². The summed E-state index contributed by atoms with van der Waals surface area (Å²) < 4.78 is 0. The van der Waals surface area contributed by atoms with Crippen molar-refractivity contribution in [2.75, 3.05) is 0 Å². The van der Waals surface area contributed by atoms with Gasteiger partial charge >= 0.3 is 42.1 Å². The predicted octanol–water partition coefficient (Wildman–Crippen LogP) is 5.43. The van der Waals surface area contributed by atoms with Gasteiger partial charge in [0.05, 0.1) is 0 Å². The van der Waals surface area contributed by atoms with Crippen molar-refractivity contribution >= 4 is 29.1 Å². The van der Waals surface area contributed by atoms with Gasteiger partial charge in [-0.2, -0.15) is 0 Å². The molecule has 0 aliphatic heterocycles. The van der Waals surface area contributed by atoms with Gasteiger partial charge in [-0.1, -0.05) is 52.4 Å². The Kier molecular flexibility index (Phi) is 19.9. The van der Waals surface area contributed by atoms with E-state index in [2.05, 4.69) is 13.8 Å². The molecule has 12 heavy (non-hydrogen) atoms. The molecule has 79 valence electrons. The summed E-state index contributed by atoms with van der Waals surface area (Å²) in [4.78, 5) is 0. The van der Waals surface area contributed by atoms with E-state index < -0.39 is 13.0 Å². The van der Waals surface area contributed by atoms with Gasteiger partial charge in [0.1, 0.15) is 0 Å². The molecule has 0 heterocycles. The van der Waals surface area contributed by atoms with Crippen molar-refractivity contribution in [2.24, 2.45) is 0 Å². The first kappa shape index (κ1) is 15.9. The summed E-state index contributed by atoms with van der Waals surface area (Å²) in [6, 6.07) is 0. The molecule has 0 atom stereocenters. The van der Waals surface area contributed by atoms with E-state index in [0.717, 1.165) is 0 Å². The summed E-state index contributed by atoms with van der Waals surface area (Å²) >= 11 is -1.75. The fourth-order valence-electron chi connectivity index (χ4n) is 0.854. The van der Waals surface area contributed by atoms with Crippen LogP contribution in [0, 0.1) is 0 Å². The molecule has 0 saturated carbocycles. The number of hydrogen-bond acceptors (Lipinski definition) is 0. The summed E-state index contributed by atoms with van der Waals surface area (Å²) in [6.45, 7) is 4.51. The molecular weight excluding hydrogens is 304 g/mol. The molecule has 0 rings (SSSR count). The van der Waals surface area contributed by atoms with Crippen molar-refractivity contribution in [3.05, 3.63) is 0 Å².